The van der Waals surface area contributed by atoms with Crippen molar-refractivity contribution >= 4 is 0 Å². The Balaban J connectivity index is 1.67. The molecule has 0 amide bonds. The summed E-state index contributed by atoms with van der Waals surface area (Å²) < 4.78 is 61.9. The van der Waals surface area contributed by atoms with E-state index >= 15 is 0 Å². The predicted octanol–water partition coefficient (Wildman–Crippen LogP) is 6.19. The molecular weight excluding hydrogens is 348 g/mol. The second kappa shape index (κ2) is 8.31. The summed E-state index contributed by atoms with van der Waals surface area (Å²) >= 11 is 0. The fraction of sp³-hybridized carbons (Fsp3) is 0.600. The molecule has 1 aromatic carbocycles. The molecule has 0 N–H and O–H groups in total. The Morgan fingerprint density at radius 2 is 1.81 bits per heavy atom. The van der Waals surface area contributed by atoms with Gasteiger partial charge in [-0.15, -0.1) is 13.2 Å². The van der Waals surface area contributed by atoms with Crippen molar-refractivity contribution in [1.82, 2.24) is 0 Å². The minimum atomic E-state index is -4.96. The van der Waals surface area contributed by atoms with Crippen molar-refractivity contribution in [3.63, 3.8) is 0 Å². The van der Waals surface area contributed by atoms with Crippen LogP contribution in [0, 0.1) is 17.7 Å². The molecule has 0 atom stereocenters. The number of hydrogen-bond acceptors (Lipinski definition) is 2. The summed E-state index contributed by atoms with van der Waals surface area (Å²) in [5.74, 6) is -1.09. The first-order chi connectivity index (χ1) is 12.4. The van der Waals surface area contributed by atoms with Gasteiger partial charge >= 0.3 is 6.36 Å². The highest BCUT2D eigenvalue weighted by Crippen LogP contribution is 2.38. The molecule has 1 aromatic rings. The van der Waals surface area contributed by atoms with E-state index in [1.54, 1.807) is 0 Å². The number of rotatable bonds is 8. The van der Waals surface area contributed by atoms with E-state index < -0.39 is 17.9 Å². The SMILES string of the molecule is Fc1c(CC/C=C/C2CCCC2)ccc(OCC2CC2)c1OC(F)(F)F. The smallest absolute Gasteiger partial charge is 0.489 e. The first kappa shape index (κ1) is 19.1. The van der Waals surface area contributed by atoms with E-state index in [2.05, 4.69) is 10.8 Å². The number of hydrogen-bond donors (Lipinski definition) is 0. The van der Waals surface area contributed by atoms with Crippen molar-refractivity contribution in [2.45, 2.75) is 57.7 Å². The maximum atomic E-state index is 14.6. The topological polar surface area (TPSA) is 18.5 Å². The minimum absolute atomic E-state index is 0.183. The van der Waals surface area contributed by atoms with Crippen LogP contribution in [0.4, 0.5) is 17.6 Å². The van der Waals surface area contributed by atoms with Gasteiger partial charge in [0.15, 0.2) is 11.6 Å². The highest BCUT2D eigenvalue weighted by Gasteiger charge is 2.35. The molecular formula is C20H24F4O2. The number of halogens is 4. The van der Waals surface area contributed by atoms with Crippen molar-refractivity contribution in [3.8, 4) is 11.5 Å². The fourth-order valence-corrected chi connectivity index (χ4v) is 3.27. The van der Waals surface area contributed by atoms with Crippen molar-refractivity contribution in [1.29, 1.82) is 0 Å². The monoisotopic (exact) mass is 372 g/mol. The van der Waals surface area contributed by atoms with E-state index in [1.807, 2.05) is 6.08 Å². The third-order valence-corrected chi connectivity index (χ3v) is 4.92. The number of ether oxygens (including phenoxy) is 2. The molecule has 6 heteroatoms. The van der Waals surface area contributed by atoms with Crippen LogP contribution in [0.25, 0.3) is 0 Å². The van der Waals surface area contributed by atoms with Crippen molar-refractivity contribution in [2.75, 3.05) is 6.61 Å². The summed E-state index contributed by atoms with van der Waals surface area (Å²) in [4.78, 5) is 0. The zero-order valence-electron chi connectivity index (χ0n) is 14.7. The van der Waals surface area contributed by atoms with Gasteiger partial charge in [-0.1, -0.05) is 31.1 Å². The van der Waals surface area contributed by atoms with Crippen LogP contribution in [-0.4, -0.2) is 13.0 Å². The Labute approximate surface area is 151 Å². The van der Waals surface area contributed by atoms with Crippen LogP contribution in [0.2, 0.25) is 0 Å². The molecule has 0 radical (unpaired) electrons. The van der Waals surface area contributed by atoms with Crippen LogP contribution in [0.1, 0.15) is 50.5 Å². The van der Waals surface area contributed by atoms with Crippen molar-refractivity contribution in [2.24, 2.45) is 11.8 Å². The normalized spacial score (nSPS) is 18.6. The maximum absolute atomic E-state index is 14.6. The van der Waals surface area contributed by atoms with E-state index in [-0.39, 0.29) is 17.9 Å². The molecule has 2 aliphatic rings. The lowest BCUT2D eigenvalue weighted by molar-refractivity contribution is -0.276. The van der Waals surface area contributed by atoms with Gasteiger partial charge in [0.05, 0.1) is 6.61 Å². The van der Waals surface area contributed by atoms with Crippen LogP contribution >= 0.6 is 0 Å². The van der Waals surface area contributed by atoms with Gasteiger partial charge in [0.2, 0.25) is 5.75 Å². The van der Waals surface area contributed by atoms with Gasteiger partial charge in [0, 0.05) is 0 Å². The van der Waals surface area contributed by atoms with E-state index in [9.17, 15) is 17.6 Å². The lowest BCUT2D eigenvalue weighted by Crippen LogP contribution is -2.19. The lowest BCUT2D eigenvalue weighted by atomic mass is 10.0. The third kappa shape index (κ3) is 5.64. The molecule has 2 saturated carbocycles. The first-order valence-electron chi connectivity index (χ1n) is 9.29. The maximum Gasteiger partial charge on any atom is 0.573 e. The zero-order chi connectivity index (χ0) is 18.6. The molecule has 0 unspecified atom stereocenters. The highest BCUT2D eigenvalue weighted by atomic mass is 19.4. The molecule has 0 saturated heterocycles. The summed E-state index contributed by atoms with van der Waals surface area (Å²) in [6.07, 6.45) is 6.92. The van der Waals surface area contributed by atoms with Crippen LogP contribution in [-0.2, 0) is 6.42 Å². The van der Waals surface area contributed by atoms with E-state index in [0.717, 1.165) is 12.8 Å². The molecule has 2 fully saturated rings. The third-order valence-electron chi connectivity index (χ3n) is 4.92. The average molecular weight is 372 g/mol. The second-order valence-corrected chi connectivity index (χ2v) is 7.18. The number of aryl methyl sites for hydroxylation is 1. The molecule has 3 rings (SSSR count). The van der Waals surface area contributed by atoms with Crippen molar-refractivity contribution in [3.05, 3.63) is 35.7 Å². The second-order valence-electron chi connectivity index (χ2n) is 7.18. The van der Waals surface area contributed by atoms with Gasteiger partial charge in [0.1, 0.15) is 0 Å². The number of alkyl halides is 3. The Kier molecular flexibility index (Phi) is 6.09. The summed E-state index contributed by atoms with van der Waals surface area (Å²) in [6.45, 7) is 0.289. The van der Waals surface area contributed by atoms with E-state index in [1.165, 1.54) is 37.8 Å². The molecule has 0 spiro atoms. The molecule has 0 heterocycles. The standard InChI is InChI=1S/C20H24F4O2/c21-18-16(8-4-3-7-14-5-1-2-6-14)11-12-17(25-13-15-9-10-15)19(18)26-20(22,23)24/h3,7,11-12,14-15H,1-2,4-6,8-10,13H2/b7-3+. The van der Waals surface area contributed by atoms with Gasteiger partial charge in [-0.2, -0.15) is 0 Å². The first-order valence-corrected chi connectivity index (χ1v) is 9.29. The average Bonchev–Trinajstić information content (AvgIpc) is 3.26. The van der Waals surface area contributed by atoms with Crippen LogP contribution in [0.15, 0.2) is 24.3 Å². The largest absolute Gasteiger partial charge is 0.573 e. The highest BCUT2D eigenvalue weighted by molar-refractivity contribution is 5.45. The summed E-state index contributed by atoms with van der Waals surface area (Å²) in [6, 6.07) is 2.87. The molecule has 0 aliphatic heterocycles. The molecule has 2 nitrogen and oxygen atoms in total. The lowest BCUT2D eigenvalue weighted by Gasteiger charge is -2.16. The predicted molar refractivity (Wildman–Crippen MR) is 90.7 cm³/mol. The van der Waals surface area contributed by atoms with Gasteiger partial charge in [-0.05, 0) is 62.0 Å². The van der Waals surface area contributed by atoms with Crippen LogP contribution < -0.4 is 9.47 Å². The van der Waals surface area contributed by atoms with E-state index in [4.69, 9.17) is 4.74 Å². The summed E-state index contributed by atoms with van der Waals surface area (Å²) in [5.41, 5.74) is 0.207. The molecule has 0 aromatic heterocycles. The Hall–Kier alpha value is -1.72. The Morgan fingerprint density at radius 3 is 2.46 bits per heavy atom. The van der Waals surface area contributed by atoms with Gasteiger partial charge in [-0.3, -0.25) is 0 Å². The van der Waals surface area contributed by atoms with Gasteiger partial charge in [0.25, 0.3) is 0 Å². The van der Waals surface area contributed by atoms with Crippen LogP contribution in [0.5, 0.6) is 11.5 Å². The number of allylic oxidation sites excluding steroid dienone is 2. The van der Waals surface area contributed by atoms with Crippen molar-refractivity contribution < 1.29 is 27.0 Å². The quantitative estimate of drug-likeness (QED) is 0.400. The summed E-state index contributed by atoms with van der Waals surface area (Å²) in [7, 11) is 0. The minimum Gasteiger partial charge on any atom is -0.489 e. The molecule has 0 bridgehead atoms. The van der Waals surface area contributed by atoms with Crippen LogP contribution in [0.3, 0.4) is 0 Å². The Morgan fingerprint density at radius 1 is 1.08 bits per heavy atom. The molecule has 144 valence electrons. The zero-order valence-corrected chi connectivity index (χ0v) is 14.7. The molecule has 2 aliphatic carbocycles. The molecule has 26 heavy (non-hydrogen) atoms. The van der Waals surface area contributed by atoms with Gasteiger partial charge < -0.3 is 9.47 Å². The van der Waals surface area contributed by atoms with E-state index in [0.29, 0.717) is 24.7 Å². The Bertz CT molecular complexity index is 629. The summed E-state index contributed by atoms with van der Waals surface area (Å²) in [5, 5.41) is 0. The fourth-order valence-electron chi connectivity index (χ4n) is 3.27. The number of benzene rings is 1. The van der Waals surface area contributed by atoms with Gasteiger partial charge in [-0.25, -0.2) is 4.39 Å².